The van der Waals surface area contributed by atoms with Gasteiger partial charge in [-0.05, 0) is 43.4 Å². The van der Waals surface area contributed by atoms with Gasteiger partial charge in [-0.1, -0.05) is 26.2 Å². The fraction of sp³-hybridized carbons (Fsp3) is 1.00. The summed E-state index contributed by atoms with van der Waals surface area (Å²) in [6.07, 6.45) is 10.6. The van der Waals surface area contributed by atoms with E-state index in [1.807, 2.05) is 7.11 Å². The van der Waals surface area contributed by atoms with E-state index in [4.69, 9.17) is 4.74 Å². The molecular weight excluding hydrogens is 172 g/mol. The van der Waals surface area contributed by atoms with Crippen molar-refractivity contribution in [2.24, 2.45) is 17.8 Å². The van der Waals surface area contributed by atoms with E-state index in [9.17, 15) is 0 Å². The molecule has 0 spiro atoms. The number of fused-ring (bicyclic) bond motifs is 2. The molecule has 3 unspecified atom stereocenters. The molecular formula is C13H24O. The smallest absolute Gasteiger partial charge is 0.0597 e. The van der Waals surface area contributed by atoms with Crippen molar-refractivity contribution in [2.45, 2.75) is 58.0 Å². The van der Waals surface area contributed by atoms with Crippen LogP contribution in [0.25, 0.3) is 0 Å². The van der Waals surface area contributed by atoms with Crippen molar-refractivity contribution in [2.75, 3.05) is 7.11 Å². The monoisotopic (exact) mass is 196 g/mol. The largest absolute Gasteiger partial charge is 0.381 e. The molecule has 1 heteroatoms. The zero-order valence-electron chi connectivity index (χ0n) is 9.67. The second kappa shape index (κ2) is 4.65. The van der Waals surface area contributed by atoms with Crippen LogP contribution in [-0.2, 0) is 4.74 Å². The first-order valence-corrected chi connectivity index (χ1v) is 6.36. The molecule has 2 bridgehead atoms. The van der Waals surface area contributed by atoms with Crippen LogP contribution in [0, 0.1) is 17.8 Å². The van der Waals surface area contributed by atoms with E-state index in [0.717, 1.165) is 17.8 Å². The minimum atomic E-state index is 0.540. The normalized spacial score (nSPS) is 39.4. The third-order valence-electron chi connectivity index (χ3n) is 4.39. The number of hydrogen-bond acceptors (Lipinski definition) is 1. The molecule has 2 fully saturated rings. The van der Waals surface area contributed by atoms with Gasteiger partial charge in [-0.2, -0.15) is 0 Å². The van der Waals surface area contributed by atoms with Crippen LogP contribution in [0.2, 0.25) is 0 Å². The zero-order chi connectivity index (χ0) is 9.97. The highest BCUT2D eigenvalue weighted by Crippen LogP contribution is 2.44. The quantitative estimate of drug-likeness (QED) is 0.670. The van der Waals surface area contributed by atoms with Crippen LogP contribution in [0.5, 0.6) is 0 Å². The molecule has 2 aliphatic rings. The van der Waals surface area contributed by atoms with Gasteiger partial charge in [0.2, 0.25) is 0 Å². The van der Waals surface area contributed by atoms with Crippen molar-refractivity contribution in [3.63, 3.8) is 0 Å². The molecule has 0 N–H and O–H groups in total. The summed E-state index contributed by atoms with van der Waals surface area (Å²) in [6.45, 7) is 2.26. The fourth-order valence-electron chi connectivity index (χ4n) is 3.78. The van der Waals surface area contributed by atoms with E-state index in [1.165, 1.54) is 44.9 Å². The zero-order valence-corrected chi connectivity index (χ0v) is 9.67. The molecule has 2 rings (SSSR count). The second-order valence-electron chi connectivity index (χ2n) is 5.31. The Kier molecular flexibility index (Phi) is 3.48. The standard InChI is InChI=1S/C13H24O/c1-3-13(14-2)12-8-10-5-4-6-11(7-10)9-12/h10-13H,3-9H2,1-2H3. The average molecular weight is 196 g/mol. The first kappa shape index (κ1) is 10.5. The predicted octanol–water partition coefficient (Wildman–Crippen LogP) is 3.63. The number of methoxy groups -OCH3 is 1. The number of ether oxygens (including phenoxy) is 1. The number of rotatable bonds is 3. The van der Waals surface area contributed by atoms with Gasteiger partial charge in [-0.3, -0.25) is 0 Å². The summed E-state index contributed by atoms with van der Waals surface area (Å²) in [7, 11) is 1.89. The molecule has 2 aliphatic carbocycles. The van der Waals surface area contributed by atoms with Gasteiger partial charge in [0.1, 0.15) is 0 Å². The van der Waals surface area contributed by atoms with Crippen LogP contribution in [0.3, 0.4) is 0 Å². The molecule has 0 aromatic rings. The molecule has 14 heavy (non-hydrogen) atoms. The van der Waals surface area contributed by atoms with E-state index in [-0.39, 0.29) is 0 Å². The molecule has 3 atom stereocenters. The van der Waals surface area contributed by atoms with Crippen molar-refractivity contribution < 1.29 is 4.74 Å². The summed E-state index contributed by atoms with van der Waals surface area (Å²) >= 11 is 0. The molecule has 0 amide bonds. The molecule has 82 valence electrons. The van der Waals surface area contributed by atoms with Gasteiger partial charge in [0.25, 0.3) is 0 Å². The van der Waals surface area contributed by atoms with Gasteiger partial charge in [0, 0.05) is 7.11 Å². The van der Waals surface area contributed by atoms with E-state index < -0.39 is 0 Å². The molecule has 0 aromatic heterocycles. The predicted molar refractivity (Wildman–Crippen MR) is 59.3 cm³/mol. The summed E-state index contributed by atoms with van der Waals surface area (Å²) in [6, 6.07) is 0. The third-order valence-corrected chi connectivity index (χ3v) is 4.39. The Morgan fingerprint density at radius 1 is 1.14 bits per heavy atom. The maximum atomic E-state index is 5.60. The van der Waals surface area contributed by atoms with E-state index in [0.29, 0.717) is 6.10 Å². The van der Waals surface area contributed by atoms with Crippen LogP contribution in [0.1, 0.15) is 51.9 Å². The van der Waals surface area contributed by atoms with Gasteiger partial charge in [-0.15, -0.1) is 0 Å². The Bertz CT molecular complexity index is 162. The maximum absolute atomic E-state index is 5.60. The Morgan fingerprint density at radius 3 is 2.29 bits per heavy atom. The Labute approximate surface area is 88.2 Å². The molecule has 0 heterocycles. The van der Waals surface area contributed by atoms with E-state index in [1.54, 1.807) is 0 Å². The summed E-state index contributed by atoms with van der Waals surface area (Å²) < 4.78 is 5.60. The average Bonchev–Trinajstić information content (AvgIpc) is 2.19. The highest BCUT2D eigenvalue weighted by Gasteiger charge is 2.34. The molecule has 0 aromatic carbocycles. The maximum Gasteiger partial charge on any atom is 0.0597 e. The summed E-state index contributed by atoms with van der Waals surface area (Å²) in [5.41, 5.74) is 0. The van der Waals surface area contributed by atoms with Crippen molar-refractivity contribution in [3.05, 3.63) is 0 Å². The van der Waals surface area contributed by atoms with Gasteiger partial charge in [0.15, 0.2) is 0 Å². The topological polar surface area (TPSA) is 9.23 Å². The molecule has 2 saturated carbocycles. The second-order valence-corrected chi connectivity index (χ2v) is 5.31. The summed E-state index contributed by atoms with van der Waals surface area (Å²) in [5, 5.41) is 0. The van der Waals surface area contributed by atoms with Crippen molar-refractivity contribution >= 4 is 0 Å². The van der Waals surface area contributed by atoms with Crippen molar-refractivity contribution in [1.82, 2.24) is 0 Å². The first-order valence-electron chi connectivity index (χ1n) is 6.36. The minimum absolute atomic E-state index is 0.540. The molecule has 0 radical (unpaired) electrons. The lowest BCUT2D eigenvalue weighted by Gasteiger charge is -2.41. The highest BCUT2D eigenvalue weighted by molar-refractivity contribution is 4.86. The SMILES string of the molecule is CCC(OC)C1CC2CCCC(C2)C1. The molecule has 1 nitrogen and oxygen atoms in total. The highest BCUT2D eigenvalue weighted by atomic mass is 16.5. The van der Waals surface area contributed by atoms with E-state index >= 15 is 0 Å². The van der Waals surface area contributed by atoms with Crippen LogP contribution in [-0.4, -0.2) is 13.2 Å². The molecule has 0 aliphatic heterocycles. The molecule has 0 saturated heterocycles. The number of hydrogen-bond donors (Lipinski definition) is 0. The lowest BCUT2D eigenvalue weighted by molar-refractivity contribution is -0.00000196. The lowest BCUT2D eigenvalue weighted by Crippen LogP contribution is -2.33. The minimum Gasteiger partial charge on any atom is -0.381 e. The Morgan fingerprint density at radius 2 is 1.79 bits per heavy atom. The lowest BCUT2D eigenvalue weighted by atomic mass is 9.66. The van der Waals surface area contributed by atoms with Gasteiger partial charge < -0.3 is 4.74 Å². The Hall–Kier alpha value is -0.0400. The van der Waals surface area contributed by atoms with Crippen LogP contribution < -0.4 is 0 Å². The van der Waals surface area contributed by atoms with Crippen LogP contribution in [0.4, 0.5) is 0 Å². The van der Waals surface area contributed by atoms with Crippen LogP contribution >= 0.6 is 0 Å². The fourth-order valence-corrected chi connectivity index (χ4v) is 3.78. The third kappa shape index (κ3) is 2.13. The van der Waals surface area contributed by atoms with Crippen LogP contribution in [0.15, 0.2) is 0 Å². The van der Waals surface area contributed by atoms with Crippen molar-refractivity contribution in [3.8, 4) is 0 Å². The first-order chi connectivity index (χ1) is 6.83. The van der Waals surface area contributed by atoms with Gasteiger partial charge in [0.05, 0.1) is 6.10 Å². The summed E-state index contributed by atoms with van der Waals surface area (Å²) in [4.78, 5) is 0. The van der Waals surface area contributed by atoms with Gasteiger partial charge in [-0.25, -0.2) is 0 Å². The van der Waals surface area contributed by atoms with Gasteiger partial charge >= 0.3 is 0 Å². The van der Waals surface area contributed by atoms with E-state index in [2.05, 4.69) is 6.92 Å². The Balaban J connectivity index is 1.94. The van der Waals surface area contributed by atoms with Crippen molar-refractivity contribution in [1.29, 1.82) is 0 Å². The summed E-state index contributed by atoms with van der Waals surface area (Å²) in [5.74, 6) is 2.95.